The standard InChI is InChI=1S/C30H32N2O6/c1-21-5-2-6-22(19-21)20-38-24-10-8-23(9-11-24)28(33)26-27(25-7-3-16-37-25)32(30(35)29(26)34)13-4-12-31-14-17-36-18-15-31/h2-3,5-11,16,19,27,33H,4,12-15,17-18,20H2,1H3/p+1. The highest BCUT2D eigenvalue weighted by atomic mass is 16.5. The topological polar surface area (TPSA) is 93.7 Å². The minimum Gasteiger partial charge on any atom is -0.507 e. The van der Waals surface area contributed by atoms with Crippen LogP contribution >= 0.6 is 0 Å². The van der Waals surface area contributed by atoms with Crippen LogP contribution in [0.2, 0.25) is 0 Å². The lowest BCUT2D eigenvalue weighted by Gasteiger charge is -2.26. The molecule has 0 bridgehead atoms. The fourth-order valence-electron chi connectivity index (χ4n) is 5.10. The number of amides is 1. The van der Waals surface area contributed by atoms with Gasteiger partial charge in [-0.1, -0.05) is 29.8 Å². The van der Waals surface area contributed by atoms with E-state index in [-0.39, 0.29) is 11.3 Å². The number of aliphatic hydroxyl groups excluding tert-OH is 1. The van der Waals surface area contributed by atoms with Gasteiger partial charge in [0.15, 0.2) is 0 Å². The number of carbonyl (C=O) groups is 2. The van der Waals surface area contributed by atoms with Crippen molar-refractivity contribution in [2.24, 2.45) is 0 Å². The smallest absolute Gasteiger partial charge is 0.295 e. The van der Waals surface area contributed by atoms with Crippen molar-refractivity contribution in [1.82, 2.24) is 4.90 Å². The van der Waals surface area contributed by atoms with Crippen molar-refractivity contribution in [2.75, 3.05) is 39.4 Å². The monoisotopic (exact) mass is 517 g/mol. The van der Waals surface area contributed by atoms with Gasteiger partial charge in [0.05, 0.1) is 31.6 Å². The quantitative estimate of drug-likeness (QED) is 0.258. The highest BCUT2D eigenvalue weighted by Crippen LogP contribution is 2.39. The molecule has 0 saturated carbocycles. The normalized spacial score (nSPS) is 19.7. The minimum atomic E-state index is -0.776. The molecule has 3 aromatic rings. The molecule has 8 nitrogen and oxygen atoms in total. The summed E-state index contributed by atoms with van der Waals surface area (Å²) in [5.74, 6) is -0.471. The number of ketones is 1. The third-order valence-electron chi connectivity index (χ3n) is 7.10. The molecule has 38 heavy (non-hydrogen) atoms. The number of hydrogen-bond donors (Lipinski definition) is 2. The number of hydrogen-bond acceptors (Lipinski definition) is 6. The molecule has 2 aromatic carbocycles. The highest BCUT2D eigenvalue weighted by Gasteiger charge is 2.47. The lowest BCUT2D eigenvalue weighted by molar-refractivity contribution is -0.908. The Labute approximate surface area is 222 Å². The number of quaternary nitrogens is 1. The van der Waals surface area contributed by atoms with Crippen molar-refractivity contribution in [3.8, 4) is 5.75 Å². The first-order valence-corrected chi connectivity index (χ1v) is 13.0. The van der Waals surface area contributed by atoms with Gasteiger partial charge < -0.3 is 28.8 Å². The van der Waals surface area contributed by atoms with Crippen molar-refractivity contribution in [3.05, 3.63) is 95.0 Å². The van der Waals surface area contributed by atoms with E-state index in [4.69, 9.17) is 13.9 Å². The average Bonchev–Trinajstić information content (AvgIpc) is 3.55. The molecule has 8 heteroatoms. The van der Waals surface area contributed by atoms with Gasteiger partial charge in [0.25, 0.3) is 11.7 Å². The van der Waals surface area contributed by atoms with Crippen LogP contribution in [-0.2, 0) is 20.9 Å². The van der Waals surface area contributed by atoms with E-state index in [1.807, 2.05) is 25.1 Å². The van der Waals surface area contributed by atoms with Crippen molar-refractivity contribution < 1.29 is 33.5 Å². The SMILES string of the molecule is Cc1cccc(COc2ccc(C(O)=C3C(=O)C(=O)N(CCC[NH+]4CCOCC4)C3c3ccco3)cc2)c1. The molecule has 2 fully saturated rings. The average molecular weight is 518 g/mol. The van der Waals surface area contributed by atoms with Crippen molar-refractivity contribution in [1.29, 1.82) is 0 Å². The predicted molar refractivity (Wildman–Crippen MR) is 141 cm³/mol. The zero-order valence-electron chi connectivity index (χ0n) is 21.5. The number of carbonyl (C=O) groups excluding carboxylic acids is 2. The number of benzene rings is 2. The zero-order valence-corrected chi connectivity index (χ0v) is 21.5. The summed E-state index contributed by atoms with van der Waals surface area (Å²) >= 11 is 0. The largest absolute Gasteiger partial charge is 0.507 e. The van der Waals surface area contributed by atoms with E-state index in [2.05, 4.69) is 6.07 Å². The Morgan fingerprint density at radius 1 is 1.08 bits per heavy atom. The minimum absolute atomic E-state index is 0.0390. The van der Waals surface area contributed by atoms with Crippen LogP contribution in [0.5, 0.6) is 5.75 Å². The Balaban J connectivity index is 1.34. The summed E-state index contributed by atoms with van der Waals surface area (Å²) in [5, 5.41) is 11.2. The third kappa shape index (κ3) is 5.66. The lowest BCUT2D eigenvalue weighted by Crippen LogP contribution is -3.14. The van der Waals surface area contributed by atoms with Crippen LogP contribution in [0.15, 0.2) is 76.9 Å². The van der Waals surface area contributed by atoms with Gasteiger partial charge in [0, 0.05) is 18.5 Å². The van der Waals surface area contributed by atoms with Crippen LogP contribution in [-0.4, -0.2) is 61.1 Å². The molecule has 2 N–H and O–H groups in total. The summed E-state index contributed by atoms with van der Waals surface area (Å²) < 4.78 is 16.9. The van der Waals surface area contributed by atoms with Crippen LogP contribution in [0.1, 0.15) is 34.9 Å². The molecular weight excluding hydrogens is 484 g/mol. The number of rotatable bonds is 9. The molecule has 1 unspecified atom stereocenters. The van der Waals surface area contributed by atoms with Crippen molar-refractivity contribution >= 4 is 17.4 Å². The van der Waals surface area contributed by atoms with E-state index in [0.717, 1.165) is 50.4 Å². The number of Topliss-reactive ketones (excluding diaryl/α,β-unsaturated/α-hetero) is 1. The second-order valence-electron chi connectivity index (χ2n) is 9.78. The number of morpholine rings is 1. The van der Waals surface area contributed by atoms with Gasteiger partial charge in [-0.15, -0.1) is 0 Å². The first kappa shape index (κ1) is 25.8. The van der Waals surface area contributed by atoms with Gasteiger partial charge >= 0.3 is 0 Å². The van der Waals surface area contributed by atoms with E-state index in [0.29, 0.717) is 30.2 Å². The van der Waals surface area contributed by atoms with Crippen LogP contribution in [0, 0.1) is 6.92 Å². The Kier molecular flexibility index (Phi) is 7.91. The highest BCUT2D eigenvalue weighted by molar-refractivity contribution is 6.46. The van der Waals surface area contributed by atoms with E-state index in [9.17, 15) is 14.7 Å². The summed E-state index contributed by atoms with van der Waals surface area (Å²) in [4.78, 5) is 29.2. The molecule has 2 saturated heterocycles. The first-order chi connectivity index (χ1) is 18.5. The number of furan rings is 1. The molecule has 2 aliphatic heterocycles. The molecular formula is C30H33N2O6+. The lowest BCUT2D eigenvalue weighted by atomic mass is 9.99. The predicted octanol–water partition coefficient (Wildman–Crippen LogP) is 2.89. The zero-order chi connectivity index (χ0) is 26.5. The fourth-order valence-corrected chi connectivity index (χ4v) is 5.10. The first-order valence-electron chi connectivity index (χ1n) is 13.0. The summed E-state index contributed by atoms with van der Waals surface area (Å²) in [7, 11) is 0. The van der Waals surface area contributed by atoms with Gasteiger partial charge in [-0.3, -0.25) is 9.59 Å². The number of aliphatic hydroxyl groups is 1. The van der Waals surface area contributed by atoms with Gasteiger partial charge in [-0.2, -0.15) is 0 Å². The van der Waals surface area contributed by atoms with Crippen LogP contribution < -0.4 is 9.64 Å². The molecule has 2 aliphatic rings. The van der Waals surface area contributed by atoms with Crippen LogP contribution in [0.25, 0.3) is 5.76 Å². The van der Waals surface area contributed by atoms with Crippen molar-refractivity contribution in [3.63, 3.8) is 0 Å². The number of aryl methyl sites for hydroxylation is 1. The number of nitrogens with one attached hydrogen (secondary N) is 1. The van der Waals surface area contributed by atoms with Crippen LogP contribution in [0.3, 0.4) is 0 Å². The second kappa shape index (κ2) is 11.7. The van der Waals surface area contributed by atoms with Crippen LogP contribution in [0.4, 0.5) is 0 Å². The molecule has 1 amide bonds. The molecule has 0 aliphatic carbocycles. The van der Waals surface area contributed by atoms with Gasteiger partial charge in [-0.25, -0.2) is 0 Å². The van der Waals surface area contributed by atoms with E-state index in [1.165, 1.54) is 16.1 Å². The van der Waals surface area contributed by atoms with Crippen molar-refractivity contribution in [2.45, 2.75) is 26.0 Å². The summed E-state index contributed by atoms with van der Waals surface area (Å²) in [5.41, 5.74) is 2.69. The Morgan fingerprint density at radius 3 is 2.58 bits per heavy atom. The number of nitrogens with zero attached hydrogens (tertiary/aromatic N) is 1. The maximum Gasteiger partial charge on any atom is 0.295 e. The fraction of sp³-hybridized carbons (Fsp3) is 0.333. The van der Waals surface area contributed by atoms with Gasteiger partial charge in [0.2, 0.25) is 0 Å². The van der Waals surface area contributed by atoms with Gasteiger partial charge in [0.1, 0.15) is 43.0 Å². The molecule has 1 atom stereocenters. The number of likely N-dealkylation sites (tertiary alicyclic amines) is 1. The molecule has 198 valence electrons. The van der Waals surface area contributed by atoms with E-state index >= 15 is 0 Å². The molecule has 0 spiro atoms. The van der Waals surface area contributed by atoms with E-state index < -0.39 is 17.7 Å². The molecule has 3 heterocycles. The Hall–Kier alpha value is -3.88. The number of ether oxygens (including phenoxy) is 2. The maximum absolute atomic E-state index is 13.2. The second-order valence-corrected chi connectivity index (χ2v) is 9.78. The summed E-state index contributed by atoms with van der Waals surface area (Å²) in [6.45, 7) is 7.07. The molecule has 0 radical (unpaired) electrons. The molecule has 5 rings (SSSR count). The Morgan fingerprint density at radius 2 is 1.87 bits per heavy atom. The third-order valence-corrected chi connectivity index (χ3v) is 7.10. The maximum atomic E-state index is 13.2. The van der Waals surface area contributed by atoms with E-state index in [1.54, 1.807) is 36.4 Å². The van der Waals surface area contributed by atoms with Gasteiger partial charge in [-0.05, 0) is 48.9 Å². The summed E-state index contributed by atoms with van der Waals surface area (Å²) in [6, 6.07) is 17.6. The molecule has 1 aromatic heterocycles. The Bertz CT molecular complexity index is 1290. The summed E-state index contributed by atoms with van der Waals surface area (Å²) in [6.07, 6.45) is 2.24.